The fraction of sp³-hybridized carbons (Fsp3) is 0.278. The summed E-state index contributed by atoms with van der Waals surface area (Å²) in [6, 6.07) is 13.7. The van der Waals surface area contributed by atoms with Gasteiger partial charge in [-0.1, -0.05) is 0 Å². The van der Waals surface area contributed by atoms with E-state index in [0.717, 1.165) is 5.69 Å². The predicted octanol–water partition coefficient (Wildman–Crippen LogP) is 2.76. The van der Waals surface area contributed by atoms with Crippen molar-refractivity contribution in [2.24, 2.45) is 0 Å². The number of hydrogen-bond acceptors (Lipinski definition) is 4. The van der Waals surface area contributed by atoms with E-state index in [2.05, 4.69) is 0 Å². The molecular weight excluding hydrogens is 340 g/mol. The maximum absolute atomic E-state index is 12.6. The minimum absolute atomic E-state index is 0.0182. The minimum Gasteiger partial charge on any atom is -0.497 e. The van der Waals surface area contributed by atoms with Gasteiger partial charge in [0, 0.05) is 25.3 Å². The first kappa shape index (κ1) is 18.8. The maximum atomic E-state index is 12.6. The Hall–Kier alpha value is -2.54. The molecule has 25 heavy (non-hydrogen) atoms. The fourth-order valence-corrected chi connectivity index (χ4v) is 3.12. The van der Waals surface area contributed by atoms with Crippen molar-refractivity contribution < 1.29 is 17.9 Å². The number of nitrogens with zero attached hydrogens (tertiary/aromatic N) is 2. The van der Waals surface area contributed by atoms with Gasteiger partial charge in [0.15, 0.2) is 0 Å². The fourth-order valence-electron chi connectivity index (χ4n) is 2.28. The summed E-state index contributed by atoms with van der Waals surface area (Å²) in [5, 5.41) is 0. The third kappa shape index (κ3) is 4.11. The van der Waals surface area contributed by atoms with Crippen LogP contribution in [0.4, 0.5) is 11.4 Å². The molecule has 134 valence electrons. The van der Waals surface area contributed by atoms with Crippen LogP contribution >= 0.6 is 0 Å². The van der Waals surface area contributed by atoms with E-state index in [-0.39, 0.29) is 11.7 Å². The molecule has 0 unspecified atom stereocenters. The molecule has 2 aromatic rings. The lowest BCUT2D eigenvalue weighted by atomic mass is 10.1. The molecule has 0 bridgehead atoms. The lowest BCUT2D eigenvalue weighted by molar-refractivity contribution is 0.0993. The first-order valence-corrected chi connectivity index (χ1v) is 9.40. The van der Waals surface area contributed by atoms with Crippen LogP contribution in [-0.2, 0) is 10.0 Å². The van der Waals surface area contributed by atoms with Crippen molar-refractivity contribution in [3.63, 3.8) is 0 Å². The van der Waals surface area contributed by atoms with Gasteiger partial charge in [-0.3, -0.25) is 9.10 Å². The molecule has 2 aromatic carbocycles. The summed E-state index contributed by atoms with van der Waals surface area (Å²) in [5.41, 5.74) is 1.73. The van der Waals surface area contributed by atoms with Gasteiger partial charge in [-0.25, -0.2) is 8.42 Å². The number of ether oxygens (including phenoxy) is 1. The molecule has 6 nitrogen and oxygen atoms in total. The van der Waals surface area contributed by atoms with Gasteiger partial charge in [0.1, 0.15) is 5.75 Å². The molecule has 0 aromatic heterocycles. The van der Waals surface area contributed by atoms with Crippen LogP contribution in [0.2, 0.25) is 0 Å². The molecule has 0 fully saturated rings. The van der Waals surface area contributed by atoms with Gasteiger partial charge < -0.3 is 9.64 Å². The van der Waals surface area contributed by atoms with Gasteiger partial charge in [-0.15, -0.1) is 0 Å². The zero-order valence-corrected chi connectivity index (χ0v) is 15.6. The van der Waals surface area contributed by atoms with E-state index in [9.17, 15) is 13.2 Å². The Balaban J connectivity index is 2.19. The SMILES string of the molecule is CCS(=O)(=O)N(C)c1ccc(C(=O)N(C)c2ccc(OC)cc2)cc1. The molecule has 0 aliphatic rings. The highest BCUT2D eigenvalue weighted by Crippen LogP contribution is 2.22. The van der Waals surface area contributed by atoms with Gasteiger partial charge in [-0.05, 0) is 55.5 Å². The first-order valence-electron chi connectivity index (χ1n) is 7.79. The third-order valence-electron chi connectivity index (χ3n) is 4.02. The third-order valence-corrected chi connectivity index (χ3v) is 5.80. The smallest absolute Gasteiger partial charge is 0.258 e. The Kier molecular flexibility index (Phi) is 5.69. The zero-order chi connectivity index (χ0) is 18.6. The van der Waals surface area contributed by atoms with Gasteiger partial charge in [0.05, 0.1) is 18.6 Å². The number of anilines is 2. The van der Waals surface area contributed by atoms with Gasteiger partial charge in [-0.2, -0.15) is 0 Å². The molecule has 0 spiro atoms. The van der Waals surface area contributed by atoms with Crippen molar-refractivity contribution >= 4 is 27.3 Å². The standard InChI is InChI=1S/C18H22N2O4S/c1-5-25(22,23)20(3)16-8-6-14(7-9-16)18(21)19(2)15-10-12-17(24-4)13-11-15/h6-13H,5H2,1-4H3. The molecule has 0 saturated carbocycles. The summed E-state index contributed by atoms with van der Waals surface area (Å²) in [6.07, 6.45) is 0. The topological polar surface area (TPSA) is 66.9 Å². The lowest BCUT2D eigenvalue weighted by Crippen LogP contribution is -2.28. The van der Waals surface area contributed by atoms with Crippen LogP contribution < -0.4 is 13.9 Å². The molecule has 2 rings (SSSR count). The highest BCUT2D eigenvalue weighted by atomic mass is 32.2. The molecule has 0 radical (unpaired) electrons. The van der Waals surface area contributed by atoms with Crippen molar-refractivity contribution in [3.05, 3.63) is 54.1 Å². The Morgan fingerprint density at radius 1 is 0.960 bits per heavy atom. The number of benzene rings is 2. The zero-order valence-electron chi connectivity index (χ0n) is 14.8. The number of carbonyl (C=O) groups is 1. The summed E-state index contributed by atoms with van der Waals surface area (Å²) in [5.74, 6) is 0.552. The van der Waals surface area contributed by atoms with E-state index in [1.165, 1.54) is 16.3 Å². The highest BCUT2D eigenvalue weighted by Gasteiger charge is 2.17. The highest BCUT2D eigenvalue weighted by molar-refractivity contribution is 7.92. The largest absolute Gasteiger partial charge is 0.497 e. The molecule has 0 saturated heterocycles. The van der Waals surface area contributed by atoms with Crippen molar-refractivity contribution in [1.82, 2.24) is 0 Å². The summed E-state index contributed by atoms with van der Waals surface area (Å²) in [4.78, 5) is 14.1. The van der Waals surface area contributed by atoms with E-state index in [1.54, 1.807) is 69.6 Å². The maximum Gasteiger partial charge on any atom is 0.258 e. The summed E-state index contributed by atoms with van der Waals surface area (Å²) in [6.45, 7) is 1.59. The summed E-state index contributed by atoms with van der Waals surface area (Å²) in [7, 11) is 1.45. The van der Waals surface area contributed by atoms with Crippen molar-refractivity contribution in [2.45, 2.75) is 6.92 Å². The second kappa shape index (κ2) is 7.57. The second-order valence-corrected chi connectivity index (χ2v) is 7.77. The van der Waals surface area contributed by atoms with Crippen LogP contribution in [0.15, 0.2) is 48.5 Å². The molecule has 1 amide bonds. The van der Waals surface area contributed by atoms with Crippen molar-refractivity contribution in [3.8, 4) is 5.75 Å². The van der Waals surface area contributed by atoms with Crippen LogP contribution in [0.5, 0.6) is 5.75 Å². The number of sulfonamides is 1. The lowest BCUT2D eigenvalue weighted by Gasteiger charge is -2.20. The normalized spacial score (nSPS) is 11.0. The average molecular weight is 362 g/mol. The van der Waals surface area contributed by atoms with Crippen LogP contribution in [0, 0.1) is 0 Å². The number of carbonyl (C=O) groups excluding carboxylic acids is 1. The van der Waals surface area contributed by atoms with Gasteiger partial charge in [0.2, 0.25) is 10.0 Å². The van der Waals surface area contributed by atoms with Gasteiger partial charge in [0.25, 0.3) is 5.91 Å². The van der Waals surface area contributed by atoms with Crippen molar-refractivity contribution in [1.29, 1.82) is 0 Å². The molecule has 0 aliphatic heterocycles. The molecular formula is C18H22N2O4S. The molecule has 0 atom stereocenters. The van der Waals surface area contributed by atoms with E-state index in [1.807, 2.05) is 0 Å². The summed E-state index contributed by atoms with van der Waals surface area (Å²) < 4.78 is 30.1. The van der Waals surface area contributed by atoms with Crippen LogP contribution in [0.1, 0.15) is 17.3 Å². The average Bonchev–Trinajstić information content (AvgIpc) is 2.66. The van der Waals surface area contributed by atoms with Crippen LogP contribution in [-0.4, -0.2) is 41.3 Å². The van der Waals surface area contributed by atoms with Crippen LogP contribution in [0.25, 0.3) is 0 Å². The number of rotatable bonds is 6. The second-order valence-electron chi connectivity index (χ2n) is 5.48. The Morgan fingerprint density at radius 2 is 1.48 bits per heavy atom. The van der Waals surface area contributed by atoms with E-state index in [0.29, 0.717) is 17.0 Å². The number of amides is 1. The summed E-state index contributed by atoms with van der Waals surface area (Å²) >= 11 is 0. The quantitative estimate of drug-likeness (QED) is 0.792. The van der Waals surface area contributed by atoms with E-state index in [4.69, 9.17) is 4.74 Å². The Bertz CT molecular complexity index is 830. The predicted molar refractivity (Wildman–Crippen MR) is 100 cm³/mol. The van der Waals surface area contributed by atoms with E-state index >= 15 is 0 Å². The number of methoxy groups -OCH3 is 1. The first-order chi connectivity index (χ1) is 11.8. The monoisotopic (exact) mass is 362 g/mol. The molecule has 7 heteroatoms. The minimum atomic E-state index is -3.32. The number of hydrogen-bond donors (Lipinski definition) is 0. The molecule has 0 N–H and O–H groups in total. The van der Waals surface area contributed by atoms with Crippen molar-refractivity contribution in [2.75, 3.05) is 36.2 Å². The molecule has 0 aliphatic carbocycles. The molecule has 0 heterocycles. The Labute approximate surface area is 148 Å². The van der Waals surface area contributed by atoms with Crippen LogP contribution in [0.3, 0.4) is 0 Å². The van der Waals surface area contributed by atoms with Gasteiger partial charge >= 0.3 is 0 Å². The Morgan fingerprint density at radius 3 is 1.96 bits per heavy atom. The van der Waals surface area contributed by atoms with E-state index < -0.39 is 10.0 Å².